The Hall–Kier alpha value is -0.380. The van der Waals surface area contributed by atoms with Crippen LogP contribution in [0.15, 0.2) is 16.8 Å². The average molecular weight is 253 g/mol. The normalized spacial score (nSPS) is 20.6. The third-order valence-corrected chi connectivity index (χ3v) is 4.87. The third kappa shape index (κ3) is 2.90. The topological polar surface area (TPSA) is 21.3 Å². The van der Waals surface area contributed by atoms with Gasteiger partial charge in [0.1, 0.15) is 0 Å². The highest BCUT2D eigenvalue weighted by Gasteiger charge is 2.40. The van der Waals surface area contributed by atoms with Crippen LogP contribution in [0, 0.1) is 0 Å². The maximum atomic E-state index is 5.86. The third-order valence-electron chi connectivity index (χ3n) is 4.14. The first-order valence-corrected chi connectivity index (χ1v) is 7.48. The van der Waals surface area contributed by atoms with Gasteiger partial charge in [0, 0.05) is 13.2 Å². The molecule has 0 saturated heterocycles. The molecule has 1 atom stereocenters. The molecule has 17 heavy (non-hydrogen) atoms. The molecule has 1 aliphatic carbocycles. The minimum absolute atomic E-state index is 0.0881. The van der Waals surface area contributed by atoms with Gasteiger partial charge in [-0.05, 0) is 55.1 Å². The fourth-order valence-electron chi connectivity index (χ4n) is 3.08. The predicted molar refractivity (Wildman–Crippen MR) is 73.7 cm³/mol. The minimum atomic E-state index is 0.0881. The second kappa shape index (κ2) is 5.98. The number of nitrogens with one attached hydrogen (secondary N) is 1. The second-order valence-corrected chi connectivity index (χ2v) is 5.77. The van der Waals surface area contributed by atoms with Gasteiger partial charge in [0.05, 0.1) is 5.60 Å². The van der Waals surface area contributed by atoms with Gasteiger partial charge in [0.15, 0.2) is 0 Å². The summed E-state index contributed by atoms with van der Waals surface area (Å²) in [5.74, 6) is 0. The fourth-order valence-corrected chi connectivity index (χ4v) is 3.79. The number of methoxy groups -OCH3 is 1. The SMILES string of the molecule is CNC(CCc1ccsc1)C1(OC)CCCC1. The van der Waals surface area contributed by atoms with E-state index in [1.165, 1.54) is 37.7 Å². The Morgan fingerprint density at radius 2 is 2.24 bits per heavy atom. The van der Waals surface area contributed by atoms with E-state index in [0.29, 0.717) is 6.04 Å². The van der Waals surface area contributed by atoms with E-state index in [1.54, 1.807) is 11.3 Å². The zero-order valence-electron chi connectivity index (χ0n) is 10.9. The Labute approximate surface area is 108 Å². The van der Waals surface area contributed by atoms with Gasteiger partial charge in [-0.1, -0.05) is 12.8 Å². The molecule has 1 N–H and O–H groups in total. The molecule has 1 aromatic rings. The van der Waals surface area contributed by atoms with E-state index in [9.17, 15) is 0 Å². The number of hydrogen-bond donors (Lipinski definition) is 1. The van der Waals surface area contributed by atoms with Crippen LogP contribution in [0.3, 0.4) is 0 Å². The van der Waals surface area contributed by atoms with Crippen molar-refractivity contribution in [1.29, 1.82) is 0 Å². The Morgan fingerprint density at radius 1 is 1.47 bits per heavy atom. The largest absolute Gasteiger partial charge is 0.377 e. The van der Waals surface area contributed by atoms with E-state index in [-0.39, 0.29) is 5.60 Å². The predicted octanol–water partition coefficient (Wildman–Crippen LogP) is 3.23. The van der Waals surface area contributed by atoms with E-state index in [2.05, 4.69) is 29.2 Å². The molecule has 0 aromatic carbocycles. The smallest absolute Gasteiger partial charge is 0.0830 e. The van der Waals surface area contributed by atoms with Gasteiger partial charge in [0.2, 0.25) is 0 Å². The molecule has 0 radical (unpaired) electrons. The van der Waals surface area contributed by atoms with Crippen molar-refractivity contribution in [3.05, 3.63) is 22.4 Å². The maximum Gasteiger partial charge on any atom is 0.0830 e. The van der Waals surface area contributed by atoms with Crippen molar-refractivity contribution in [2.45, 2.75) is 50.2 Å². The highest BCUT2D eigenvalue weighted by atomic mass is 32.1. The van der Waals surface area contributed by atoms with Crippen molar-refractivity contribution >= 4 is 11.3 Å². The van der Waals surface area contributed by atoms with Gasteiger partial charge < -0.3 is 10.1 Å². The summed E-state index contributed by atoms with van der Waals surface area (Å²) >= 11 is 1.78. The minimum Gasteiger partial charge on any atom is -0.377 e. The molecule has 96 valence electrons. The molecule has 1 saturated carbocycles. The number of hydrogen-bond acceptors (Lipinski definition) is 3. The van der Waals surface area contributed by atoms with Gasteiger partial charge in [-0.3, -0.25) is 0 Å². The standard InChI is InChI=1S/C14H23NOS/c1-15-13(6-5-12-7-10-17-11-12)14(16-2)8-3-4-9-14/h7,10-11,13,15H,3-6,8-9H2,1-2H3. The lowest BCUT2D eigenvalue weighted by molar-refractivity contribution is -0.0357. The molecule has 1 fully saturated rings. The highest BCUT2D eigenvalue weighted by Crippen LogP contribution is 2.37. The van der Waals surface area contributed by atoms with Crippen LogP contribution in [0.4, 0.5) is 0 Å². The van der Waals surface area contributed by atoms with Crippen molar-refractivity contribution in [2.75, 3.05) is 14.2 Å². The molecular formula is C14H23NOS. The molecule has 3 heteroatoms. The lowest BCUT2D eigenvalue weighted by Gasteiger charge is -2.36. The van der Waals surface area contributed by atoms with Crippen molar-refractivity contribution in [1.82, 2.24) is 5.32 Å². The fraction of sp³-hybridized carbons (Fsp3) is 0.714. The zero-order valence-corrected chi connectivity index (χ0v) is 11.7. The van der Waals surface area contributed by atoms with Crippen LogP contribution in [0.25, 0.3) is 0 Å². The van der Waals surface area contributed by atoms with Crippen LogP contribution >= 0.6 is 11.3 Å². The Bertz CT molecular complexity index is 317. The summed E-state index contributed by atoms with van der Waals surface area (Å²) < 4.78 is 5.86. The summed E-state index contributed by atoms with van der Waals surface area (Å²) in [6.45, 7) is 0. The first-order chi connectivity index (χ1) is 8.30. The summed E-state index contributed by atoms with van der Waals surface area (Å²) in [6, 6.07) is 2.71. The Balaban J connectivity index is 1.95. The summed E-state index contributed by atoms with van der Waals surface area (Å²) in [4.78, 5) is 0. The summed E-state index contributed by atoms with van der Waals surface area (Å²) in [5.41, 5.74) is 1.55. The molecular weight excluding hydrogens is 230 g/mol. The van der Waals surface area contributed by atoms with Gasteiger partial charge in [0.25, 0.3) is 0 Å². The first-order valence-electron chi connectivity index (χ1n) is 6.54. The van der Waals surface area contributed by atoms with Crippen molar-refractivity contribution in [3.63, 3.8) is 0 Å². The van der Waals surface area contributed by atoms with Crippen LogP contribution in [0.1, 0.15) is 37.7 Å². The van der Waals surface area contributed by atoms with Gasteiger partial charge in [-0.2, -0.15) is 11.3 Å². The first kappa shape index (κ1) is 13.1. The average Bonchev–Trinajstić information content (AvgIpc) is 3.00. The molecule has 2 nitrogen and oxygen atoms in total. The lowest BCUT2D eigenvalue weighted by Crippen LogP contribution is -2.49. The molecule has 1 aromatic heterocycles. The van der Waals surface area contributed by atoms with Crippen LogP contribution in [0.2, 0.25) is 0 Å². The summed E-state index contributed by atoms with van der Waals surface area (Å²) in [6.07, 6.45) is 7.35. The van der Waals surface area contributed by atoms with Gasteiger partial charge >= 0.3 is 0 Å². The molecule has 1 unspecified atom stereocenters. The quantitative estimate of drug-likeness (QED) is 0.840. The van der Waals surface area contributed by atoms with Crippen molar-refractivity contribution in [2.24, 2.45) is 0 Å². The molecule has 0 amide bonds. The van der Waals surface area contributed by atoms with E-state index in [0.717, 1.165) is 6.42 Å². The molecule has 1 aliphatic rings. The zero-order chi connectivity index (χ0) is 12.1. The summed E-state index contributed by atoms with van der Waals surface area (Å²) in [5, 5.41) is 7.89. The molecule has 2 rings (SSSR count). The Morgan fingerprint density at radius 3 is 2.76 bits per heavy atom. The van der Waals surface area contributed by atoms with E-state index in [1.807, 2.05) is 7.11 Å². The number of rotatable bonds is 6. The van der Waals surface area contributed by atoms with E-state index in [4.69, 9.17) is 4.74 Å². The van der Waals surface area contributed by atoms with Crippen molar-refractivity contribution < 1.29 is 4.74 Å². The van der Waals surface area contributed by atoms with Gasteiger partial charge in [-0.15, -0.1) is 0 Å². The van der Waals surface area contributed by atoms with Crippen LogP contribution < -0.4 is 5.32 Å². The van der Waals surface area contributed by atoms with Crippen LogP contribution in [-0.2, 0) is 11.2 Å². The van der Waals surface area contributed by atoms with Gasteiger partial charge in [-0.25, -0.2) is 0 Å². The van der Waals surface area contributed by atoms with E-state index < -0.39 is 0 Å². The second-order valence-electron chi connectivity index (χ2n) is 4.99. The monoisotopic (exact) mass is 253 g/mol. The molecule has 0 aliphatic heterocycles. The van der Waals surface area contributed by atoms with Crippen LogP contribution in [0.5, 0.6) is 0 Å². The molecule has 1 heterocycles. The Kier molecular flexibility index (Phi) is 4.60. The maximum absolute atomic E-state index is 5.86. The number of aryl methyl sites for hydroxylation is 1. The number of ether oxygens (including phenoxy) is 1. The molecule has 0 spiro atoms. The number of thiophene rings is 1. The summed E-state index contributed by atoms with van der Waals surface area (Å²) in [7, 11) is 3.94. The highest BCUT2D eigenvalue weighted by molar-refractivity contribution is 7.07. The van der Waals surface area contributed by atoms with Crippen molar-refractivity contribution in [3.8, 4) is 0 Å². The lowest BCUT2D eigenvalue weighted by atomic mass is 9.88. The molecule has 0 bridgehead atoms. The van der Waals surface area contributed by atoms with Crippen LogP contribution in [-0.4, -0.2) is 25.8 Å². The number of likely N-dealkylation sites (N-methyl/N-ethyl adjacent to an activating group) is 1. The van der Waals surface area contributed by atoms with E-state index >= 15 is 0 Å².